The average Bonchev–Trinajstić information content (AvgIpc) is 2.71. The second kappa shape index (κ2) is 11.0. The Morgan fingerprint density at radius 3 is 2.61 bits per heavy atom. The third-order valence-corrected chi connectivity index (χ3v) is 4.37. The van der Waals surface area contributed by atoms with E-state index in [1.807, 2.05) is 36.2 Å². The van der Waals surface area contributed by atoms with Crippen molar-refractivity contribution in [2.24, 2.45) is 10.7 Å². The van der Waals surface area contributed by atoms with Crippen LogP contribution < -0.4 is 25.4 Å². The predicted molar refractivity (Wildman–Crippen MR) is 112 cm³/mol. The summed E-state index contributed by atoms with van der Waals surface area (Å²) in [7, 11) is 5.10. The highest BCUT2D eigenvalue weighted by atomic mass is 19.1. The van der Waals surface area contributed by atoms with Crippen molar-refractivity contribution >= 4 is 11.6 Å². The first-order valence-corrected chi connectivity index (χ1v) is 9.25. The minimum atomic E-state index is -0.218. The van der Waals surface area contributed by atoms with Crippen molar-refractivity contribution in [3.05, 3.63) is 53.8 Å². The molecule has 28 heavy (non-hydrogen) atoms. The molecule has 0 spiro atoms. The zero-order chi connectivity index (χ0) is 20.4. The highest BCUT2D eigenvalue weighted by Crippen LogP contribution is 2.27. The van der Waals surface area contributed by atoms with E-state index in [4.69, 9.17) is 15.2 Å². The molecule has 0 heterocycles. The summed E-state index contributed by atoms with van der Waals surface area (Å²) in [6.45, 7) is 1.94. The van der Waals surface area contributed by atoms with Crippen molar-refractivity contribution in [1.29, 1.82) is 0 Å². The number of guanidine groups is 1. The highest BCUT2D eigenvalue weighted by molar-refractivity contribution is 5.77. The molecule has 0 bridgehead atoms. The minimum Gasteiger partial charge on any atom is -0.493 e. The largest absolute Gasteiger partial charge is 0.493 e. The number of aliphatic imine (C=N–C) groups is 1. The molecule has 0 aliphatic carbocycles. The van der Waals surface area contributed by atoms with Crippen LogP contribution in [-0.4, -0.2) is 46.9 Å². The number of rotatable bonds is 10. The second-order valence-corrected chi connectivity index (χ2v) is 6.36. The number of para-hydroxylation sites is 1. The molecule has 0 aliphatic heterocycles. The van der Waals surface area contributed by atoms with Gasteiger partial charge in [0.25, 0.3) is 0 Å². The molecular formula is C21H29FN4O2. The summed E-state index contributed by atoms with van der Waals surface area (Å²) in [5.41, 5.74) is 7.62. The Labute approximate surface area is 166 Å². The summed E-state index contributed by atoms with van der Waals surface area (Å²) < 4.78 is 24.3. The zero-order valence-corrected chi connectivity index (χ0v) is 16.7. The van der Waals surface area contributed by atoms with Crippen molar-refractivity contribution in [2.45, 2.75) is 12.8 Å². The Balaban J connectivity index is 1.71. The maximum Gasteiger partial charge on any atom is 0.188 e. The zero-order valence-electron chi connectivity index (χ0n) is 16.7. The molecule has 0 amide bonds. The summed E-state index contributed by atoms with van der Waals surface area (Å²) in [4.78, 5) is 6.20. The number of nitrogens with two attached hydrogens (primary N) is 1. The van der Waals surface area contributed by atoms with Gasteiger partial charge in [-0.25, -0.2) is 4.39 Å². The lowest BCUT2D eigenvalue weighted by Gasteiger charge is -2.19. The summed E-state index contributed by atoms with van der Waals surface area (Å²) in [5, 5.41) is 3.11. The minimum absolute atomic E-state index is 0.218. The van der Waals surface area contributed by atoms with Crippen LogP contribution in [0.3, 0.4) is 0 Å². The van der Waals surface area contributed by atoms with Gasteiger partial charge < -0.3 is 25.4 Å². The number of nitrogens with zero attached hydrogens (tertiary/aromatic N) is 2. The van der Waals surface area contributed by atoms with Gasteiger partial charge in [-0.1, -0.05) is 18.2 Å². The van der Waals surface area contributed by atoms with E-state index >= 15 is 0 Å². The molecule has 152 valence electrons. The maximum atomic E-state index is 13.7. The molecule has 2 aromatic carbocycles. The fraction of sp³-hybridized carbons (Fsp3) is 0.381. The van der Waals surface area contributed by atoms with Gasteiger partial charge in [0.05, 0.1) is 19.9 Å². The topological polar surface area (TPSA) is 72.1 Å². The van der Waals surface area contributed by atoms with Gasteiger partial charge in [-0.2, -0.15) is 0 Å². The lowest BCUT2D eigenvalue weighted by molar-refractivity contribution is 0.354. The number of methoxy groups -OCH3 is 2. The molecule has 0 fully saturated rings. The number of ether oxygens (including phenoxy) is 2. The van der Waals surface area contributed by atoms with Crippen LogP contribution in [0.5, 0.6) is 11.5 Å². The number of hydrogen-bond acceptors (Lipinski definition) is 4. The van der Waals surface area contributed by atoms with Gasteiger partial charge in [-0.15, -0.1) is 0 Å². The number of nitrogens with one attached hydrogen (secondary N) is 1. The summed E-state index contributed by atoms with van der Waals surface area (Å²) in [5.74, 6) is 1.61. The van der Waals surface area contributed by atoms with Crippen LogP contribution in [0.4, 0.5) is 10.1 Å². The molecule has 0 unspecified atom stereocenters. The van der Waals surface area contributed by atoms with Gasteiger partial charge in [0.15, 0.2) is 17.5 Å². The van der Waals surface area contributed by atoms with Crippen LogP contribution in [0, 0.1) is 5.82 Å². The Morgan fingerprint density at radius 1 is 1.14 bits per heavy atom. The lowest BCUT2D eigenvalue weighted by atomic mass is 10.1. The van der Waals surface area contributed by atoms with Crippen molar-refractivity contribution in [3.63, 3.8) is 0 Å². The van der Waals surface area contributed by atoms with Gasteiger partial charge in [-0.3, -0.25) is 4.99 Å². The van der Waals surface area contributed by atoms with Gasteiger partial charge in [0.1, 0.15) is 5.82 Å². The Kier molecular flexibility index (Phi) is 8.39. The van der Waals surface area contributed by atoms with Gasteiger partial charge in [-0.05, 0) is 42.7 Å². The quantitative estimate of drug-likeness (QED) is 0.372. The van der Waals surface area contributed by atoms with E-state index in [0.29, 0.717) is 42.8 Å². The fourth-order valence-electron chi connectivity index (χ4n) is 2.82. The van der Waals surface area contributed by atoms with E-state index in [1.165, 1.54) is 6.07 Å². The number of hydrogen-bond donors (Lipinski definition) is 2. The van der Waals surface area contributed by atoms with Crippen molar-refractivity contribution in [2.75, 3.05) is 45.8 Å². The second-order valence-electron chi connectivity index (χ2n) is 6.36. The Bertz CT molecular complexity index is 783. The molecule has 2 rings (SSSR count). The van der Waals surface area contributed by atoms with E-state index in [-0.39, 0.29) is 5.82 Å². The van der Waals surface area contributed by atoms with Crippen LogP contribution in [0.15, 0.2) is 47.5 Å². The SMILES string of the molecule is COc1ccc(CCNC(N)=NCCCN(C)c2ccccc2F)cc1OC. The number of anilines is 1. The monoisotopic (exact) mass is 388 g/mol. The molecule has 0 saturated heterocycles. The highest BCUT2D eigenvalue weighted by Gasteiger charge is 2.06. The number of benzene rings is 2. The molecule has 0 saturated carbocycles. The fourth-order valence-corrected chi connectivity index (χ4v) is 2.82. The lowest BCUT2D eigenvalue weighted by Crippen LogP contribution is -2.33. The number of halogens is 1. The Morgan fingerprint density at radius 2 is 1.89 bits per heavy atom. The van der Waals surface area contributed by atoms with Gasteiger partial charge in [0.2, 0.25) is 0 Å². The van der Waals surface area contributed by atoms with E-state index in [9.17, 15) is 4.39 Å². The molecular weight excluding hydrogens is 359 g/mol. The molecule has 0 atom stereocenters. The first-order chi connectivity index (χ1) is 13.5. The van der Waals surface area contributed by atoms with Crippen LogP contribution in [0.2, 0.25) is 0 Å². The van der Waals surface area contributed by atoms with Crippen LogP contribution >= 0.6 is 0 Å². The molecule has 0 aromatic heterocycles. The molecule has 3 N–H and O–H groups in total. The van der Waals surface area contributed by atoms with Crippen molar-refractivity contribution in [1.82, 2.24) is 5.32 Å². The molecule has 0 radical (unpaired) electrons. The normalized spacial score (nSPS) is 11.2. The summed E-state index contributed by atoms with van der Waals surface area (Å²) >= 11 is 0. The van der Waals surface area contributed by atoms with E-state index < -0.39 is 0 Å². The molecule has 2 aromatic rings. The average molecular weight is 388 g/mol. The van der Waals surface area contributed by atoms with Crippen molar-refractivity contribution < 1.29 is 13.9 Å². The molecule has 0 aliphatic rings. The third kappa shape index (κ3) is 6.33. The van der Waals surface area contributed by atoms with Crippen molar-refractivity contribution in [3.8, 4) is 11.5 Å². The van der Waals surface area contributed by atoms with Gasteiger partial charge in [0, 0.05) is 26.7 Å². The van der Waals surface area contributed by atoms with Crippen LogP contribution in [-0.2, 0) is 6.42 Å². The predicted octanol–water partition coefficient (Wildman–Crippen LogP) is 2.82. The standard InChI is InChI=1S/C21H29FN4O2/c1-26(18-8-5-4-7-17(18)22)14-6-12-24-21(23)25-13-11-16-9-10-19(27-2)20(15-16)28-3/h4-5,7-10,15H,6,11-14H2,1-3H3,(H3,23,24,25). The third-order valence-electron chi connectivity index (χ3n) is 4.37. The molecule has 7 heteroatoms. The van der Waals surface area contributed by atoms with Crippen LogP contribution in [0.25, 0.3) is 0 Å². The van der Waals surface area contributed by atoms with E-state index in [0.717, 1.165) is 18.4 Å². The maximum absolute atomic E-state index is 13.7. The first kappa shape index (κ1) is 21.3. The van der Waals surface area contributed by atoms with Crippen LogP contribution in [0.1, 0.15) is 12.0 Å². The van der Waals surface area contributed by atoms with E-state index in [1.54, 1.807) is 26.4 Å². The summed E-state index contributed by atoms with van der Waals surface area (Å²) in [6.07, 6.45) is 1.56. The summed E-state index contributed by atoms with van der Waals surface area (Å²) in [6, 6.07) is 12.6. The first-order valence-electron chi connectivity index (χ1n) is 9.25. The smallest absolute Gasteiger partial charge is 0.188 e. The Hall–Kier alpha value is -2.96. The van der Waals surface area contributed by atoms with E-state index in [2.05, 4.69) is 10.3 Å². The van der Waals surface area contributed by atoms with Gasteiger partial charge >= 0.3 is 0 Å². The molecule has 6 nitrogen and oxygen atoms in total.